The first kappa shape index (κ1) is 11.4. The fraction of sp³-hybridized carbons (Fsp3) is 0.300. The summed E-state index contributed by atoms with van der Waals surface area (Å²) in [7, 11) is 0. The Bertz CT molecular complexity index is 317. The van der Waals surface area contributed by atoms with E-state index in [0.29, 0.717) is 6.54 Å². The van der Waals surface area contributed by atoms with E-state index in [1.807, 2.05) is 0 Å². The second kappa shape index (κ2) is 5.95. The molecule has 0 aromatic heterocycles. The second-order valence-electron chi connectivity index (χ2n) is 2.78. The maximum atomic E-state index is 13.1. The van der Waals surface area contributed by atoms with Gasteiger partial charge in [-0.05, 0) is 18.6 Å². The number of rotatable bonds is 4. The minimum Gasteiger partial charge on any atom is -0.352 e. The number of halogens is 2. The van der Waals surface area contributed by atoms with Crippen molar-refractivity contribution in [2.45, 2.75) is 6.42 Å². The normalized spacial score (nSPS) is 9.86. The highest BCUT2D eigenvalue weighted by Crippen LogP contribution is 2.05. The lowest BCUT2D eigenvalue weighted by Crippen LogP contribution is -2.25. The van der Waals surface area contributed by atoms with Crippen molar-refractivity contribution in [3.63, 3.8) is 0 Å². The fourth-order valence-corrected chi connectivity index (χ4v) is 1.39. The van der Waals surface area contributed by atoms with Gasteiger partial charge >= 0.3 is 0 Å². The summed E-state index contributed by atoms with van der Waals surface area (Å²) in [5, 5.41) is 2.66. The number of benzene rings is 1. The molecule has 0 heterocycles. The lowest BCUT2D eigenvalue weighted by Gasteiger charge is -2.04. The van der Waals surface area contributed by atoms with Gasteiger partial charge in [-0.2, -0.15) is 0 Å². The van der Waals surface area contributed by atoms with Crippen molar-refractivity contribution < 1.29 is 9.18 Å². The maximum absolute atomic E-state index is 13.1. The van der Waals surface area contributed by atoms with E-state index in [1.54, 1.807) is 12.1 Å². The van der Waals surface area contributed by atoms with Gasteiger partial charge in [0.15, 0.2) is 0 Å². The highest BCUT2D eigenvalue weighted by Gasteiger charge is 2.08. The van der Waals surface area contributed by atoms with E-state index in [9.17, 15) is 9.18 Å². The van der Waals surface area contributed by atoms with Gasteiger partial charge in [-0.1, -0.05) is 34.7 Å². The third-order valence-electron chi connectivity index (χ3n) is 1.71. The Hall–Kier alpha value is -0.650. The lowest BCUT2D eigenvalue weighted by molar-refractivity contribution is 0.0950. The Morgan fingerprint density at radius 2 is 2.14 bits per heavy atom. The predicted octanol–water partition coefficient (Wildman–Crippen LogP) is 2.38. The van der Waals surface area contributed by atoms with Crippen molar-refractivity contribution in [1.82, 2.24) is 5.32 Å². The average Bonchev–Trinajstić information content (AvgIpc) is 2.18. The molecule has 1 aromatic carbocycles. The first-order valence-corrected chi connectivity index (χ1v) is 5.87. The zero-order chi connectivity index (χ0) is 10.4. The van der Waals surface area contributed by atoms with E-state index in [0.717, 1.165) is 10.8 Å². The minimum absolute atomic E-state index is 0.112. The van der Waals surface area contributed by atoms with Gasteiger partial charge in [-0.15, -0.1) is 0 Å². The molecule has 0 fully saturated rings. The molecule has 1 N–H and O–H groups in total. The van der Waals surface area contributed by atoms with Crippen LogP contribution in [-0.2, 0) is 0 Å². The van der Waals surface area contributed by atoms with Crippen LogP contribution in [0.1, 0.15) is 16.8 Å². The van der Waals surface area contributed by atoms with E-state index < -0.39 is 5.82 Å². The Kier molecular flexibility index (Phi) is 4.86. The smallest absolute Gasteiger partial charge is 0.254 e. The summed E-state index contributed by atoms with van der Waals surface area (Å²) in [6, 6.07) is 5.98. The van der Waals surface area contributed by atoms with Crippen molar-refractivity contribution in [2.75, 3.05) is 11.0 Å². The number of nitrogens with one attached hydrogen (secondary N) is 1. The van der Waals surface area contributed by atoms with Crippen molar-refractivity contribution in [2.24, 2.45) is 0 Å². The van der Waals surface area contributed by atoms with Crippen molar-refractivity contribution in [1.29, 1.82) is 0 Å². The Morgan fingerprint density at radius 3 is 2.79 bits per heavy atom. The van der Waals surface area contributed by atoms with Gasteiger partial charge in [-0.3, -0.25) is 4.79 Å². The van der Waals surface area contributed by atoms with Crippen LogP contribution in [0.5, 0.6) is 0 Å². The van der Waals surface area contributed by atoms with Crippen LogP contribution in [0.25, 0.3) is 0 Å². The summed E-state index contributed by atoms with van der Waals surface area (Å²) in [6.45, 7) is 0.593. The number of amides is 1. The summed E-state index contributed by atoms with van der Waals surface area (Å²) >= 11 is 2.23. The van der Waals surface area contributed by atoms with E-state index in [2.05, 4.69) is 27.9 Å². The molecule has 0 aliphatic carbocycles. The molecule has 0 saturated heterocycles. The zero-order valence-corrected chi connectivity index (χ0v) is 9.75. The number of carbonyl (C=O) groups is 1. The summed E-state index contributed by atoms with van der Waals surface area (Å²) in [6.07, 6.45) is 0.904. The highest BCUT2D eigenvalue weighted by atomic mass is 127. The minimum atomic E-state index is -0.473. The van der Waals surface area contributed by atoms with Gasteiger partial charge in [0, 0.05) is 11.0 Å². The molecule has 0 unspecified atom stereocenters. The monoisotopic (exact) mass is 307 g/mol. The molecule has 0 atom stereocenters. The van der Waals surface area contributed by atoms with E-state index in [1.165, 1.54) is 12.1 Å². The van der Waals surface area contributed by atoms with E-state index >= 15 is 0 Å². The second-order valence-corrected chi connectivity index (χ2v) is 3.86. The average molecular weight is 307 g/mol. The van der Waals surface area contributed by atoms with Gasteiger partial charge in [-0.25, -0.2) is 4.39 Å². The Balaban J connectivity index is 2.56. The number of hydrogen-bond donors (Lipinski definition) is 1. The van der Waals surface area contributed by atoms with Gasteiger partial charge in [0.05, 0.1) is 5.56 Å². The number of hydrogen-bond acceptors (Lipinski definition) is 1. The quantitative estimate of drug-likeness (QED) is 0.516. The topological polar surface area (TPSA) is 29.1 Å². The highest BCUT2D eigenvalue weighted by molar-refractivity contribution is 14.1. The van der Waals surface area contributed by atoms with E-state index in [-0.39, 0.29) is 11.5 Å². The van der Waals surface area contributed by atoms with Crippen LogP contribution in [-0.4, -0.2) is 16.9 Å². The zero-order valence-electron chi connectivity index (χ0n) is 7.59. The number of alkyl halides is 1. The van der Waals surface area contributed by atoms with Crippen molar-refractivity contribution in [3.05, 3.63) is 35.6 Å². The molecule has 2 nitrogen and oxygen atoms in total. The third-order valence-corrected chi connectivity index (χ3v) is 2.48. The largest absolute Gasteiger partial charge is 0.352 e. The summed E-state index contributed by atoms with van der Waals surface area (Å²) in [5.41, 5.74) is 0.112. The molecule has 1 amide bonds. The number of carbonyl (C=O) groups excluding carboxylic acids is 1. The Morgan fingerprint density at radius 1 is 1.43 bits per heavy atom. The molecule has 0 aliphatic heterocycles. The van der Waals surface area contributed by atoms with Crippen LogP contribution in [0.15, 0.2) is 24.3 Å². The van der Waals surface area contributed by atoms with Crippen LogP contribution in [0.2, 0.25) is 0 Å². The summed E-state index contributed by atoms with van der Waals surface area (Å²) in [5.74, 6) is -0.813. The van der Waals surface area contributed by atoms with Crippen LogP contribution >= 0.6 is 22.6 Å². The molecule has 0 radical (unpaired) electrons. The molecule has 1 rings (SSSR count). The van der Waals surface area contributed by atoms with Crippen molar-refractivity contribution >= 4 is 28.5 Å². The molecule has 1 aromatic rings. The Labute approximate surface area is 96.0 Å². The maximum Gasteiger partial charge on any atom is 0.254 e. The first-order chi connectivity index (χ1) is 6.75. The molecular weight excluding hydrogens is 296 g/mol. The molecule has 14 heavy (non-hydrogen) atoms. The van der Waals surface area contributed by atoms with E-state index in [4.69, 9.17) is 0 Å². The molecule has 76 valence electrons. The predicted molar refractivity (Wildman–Crippen MR) is 62.2 cm³/mol. The van der Waals surface area contributed by atoms with Crippen molar-refractivity contribution in [3.8, 4) is 0 Å². The lowest BCUT2D eigenvalue weighted by atomic mass is 10.2. The van der Waals surface area contributed by atoms with Gasteiger partial charge in [0.25, 0.3) is 5.91 Å². The molecule has 0 spiro atoms. The standard InChI is InChI=1S/C10H11FINO/c11-9-5-2-1-4-8(9)10(14)13-7-3-6-12/h1-2,4-5H,3,6-7H2,(H,13,14). The first-order valence-electron chi connectivity index (χ1n) is 4.34. The van der Waals surface area contributed by atoms with Crippen LogP contribution in [0.4, 0.5) is 4.39 Å². The van der Waals surface area contributed by atoms with Gasteiger partial charge in [0.2, 0.25) is 0 Å². The van der Waals surface area contributed by atoms with Gasteiger partial charge < -0.3 is 5.32 Å². The molecule has 0 aliphatic rings. The molecule has 0 bridgehead atoms. The molecule has 0 saturated carbocycles. The van der Waals surface area contributed by atoms with Crippen LogP contribution in [0, 0.1) is 5.82 Å². The fourth-order valence-electron chi connectivity index (χ4n) is 1.01. The third kappa shape index (κ3) is 3.25. The van der Waals surface area contributed by atoms with Crippen LogP contribution < -0.4 is 5.32 Å². The SMILES string of the molecule is O=C(NCCCI)c1ccccc1F. The summed E-state index contributed by atoms with van der Waals surface area (Å²) in [4.78, 5) is 11.4. The van der Waals surface area contributed by atoms with Crippen LogP contribution in [0.3, 0.4) is 0 Å². The van der Waals surface area contributed by atoms with Gasteiger partial charge in [0.1, 0.15) is 5.82 Å². The summed E-state index contributed by atoms with van der Waals surface area (Å²) < 4.78 is 14.1. The molecule has 4 heteroatoms. The molecular formula is C10H11FINO.